The summed E-state index contributed by atoms with van der Waals surface area (Å²) in [4.78, 5) is 11.6. The maximum absolute atomic E-state index is 11.6. The molecule has 4 heteroatoms. The van der Waals surface area contributed by atoms with Crippen LogP contribution in [0.25, 0.3) is 5.69 Å². The van der Waals surface area contributed by atoms with Crippen LogP contribution < -0.4 is 5.32 Å². The van der Waals surface area contributed by atoms with Gasteiger partial charge < -0.3 is 5.32 Å². The number of nitrogens with zero attached hydrogens (tertiary/aromatic N) is 2. The lowest BCUT2D eigenvalue weighted by Gasteiger charge is -2.07. The molecule has 0 aliphatic rings. The molecule has 0 spiro atoms. The zero-order valence-corrected chi connectivity index (χ0v) is 10.0. The molecule has 0 aliphatic heterocycles. The molecule has 0 saturated heterocycles. The van der Waals surface area contributed by atoms with Crippen LogP contribution in [-0.2, 0) is 4.79 Å². The lowest BCUT2D eigenvalue weighted by atomic mass is 10.2. The molecule has 1 heterocycles. The van der Waals surface area contributed by atoms with Gasteiger partial charge in [0.05, 0.1) is 5.69 Å². The second kappa shape index (κ2) is 5.82. The van der Waals surface area contributed by atoms with Crippen molar-refractivity contribution in [3.8, 4) is 5.69 Å². The molecule has 0 radical (unpaired) electrons. The van der Waals surface area contributed by atoms with E-state index in [0.29, 0.717) is 12.8 Å². The van der Waals surface area contributed by atoms with E-state index in [1.807, 2.05) is 36.5 Å². The predicted molar refractivity (Wildman–Crippen MR) is 71.6 cm³/mol. The lowest BCUT2D eigenvalue weighted by Crippen LogP contribution is -2.11. The van der Waals surface area contributed by atoms with Crippen LogP contribution in [0, 0.1) is 0 Å². The molecule has 1 aromatic heterocycles. The van der Waals surface area contributed by atoms with Gasteiger partial charge in [-0.1, -0.05) is 12.1 Å². The summed E-state index contributed by atoms with van der Waals surface area (Å²) in [5.41, 5.74) is 1.69. The first kappa shape index (κ1) is 12.1. The van der Waals surface area contributed by atoms with Gasteiger partial charge in [0.25, 0.3) is 0 Å². The molecule has 2 rings (SSSR count). The summed E-state index contributed by atoms with van der Waals surface area (Å²) in [6.45, 7) is 3.60. The summed E-state index contributed by atoms with van der Waals surface area (Å²) in [5.74, 6) is -0.00693. The fraction of sp³-hybridized carbons (Fsp3) is 0.143. The van der Waals surface area contributed by atoms with Gasteiger partial charge in [0.2, 0.25) is 5.91 Å². The largest absolute Gasteiger partial charge is 0.326 e. The van der Waals surface area contributed by atoms with Crippen LogP contribution in [0.5, 0.6) is 0 Å². The molecular formula is C14H15N3O. The third-order valence-electron chi connectivity index (χ3n) is 2.47. The number of hydrogen-bond acceptors (Lipinski definition) is 2. The molecule has 0 atom stereocenters. The first-order valence-electron chi connectivity index (χ1n) is 5.80. The number of aromatic nitrogens is 2. The molecule has 1 N–H and O–H groups in total. The molecule has 0 fully saturated rings. The molecule has 0 unspecified atom stereocenters. The molecule has 2 aromatic rings. The van der Waals surface area contributed by atoms with Gasteiger partial charge >= 0.3 is 0 Å². The summed E-state index contributed by atoms with van der Waals surface area (Å²) in [7, 11) is 0. The summed E-state index contributed by atoms with van der Waals surface area (Å²) in [5, 5.41) is 7.00. The molecule has 92 valence electrons. The van der Waals surface area contributed by atoms with Crippen LogP contribution in [0.15, 0.2) is 55.4 Å². The van der Waals surface area contributed by atoms with E-state index in [0.717, 1.165) is 11.4 Å². The van der Waals surface area contributed by atoms with Crippen molar-refractivity contribution in [1.82, 2.24) is 9.78 Å². The highest BCUT2D eigenvalue weighted by molar-refractivity contribution is 5.91. The van der Waals surface area contributed by atoms with Crippen molar-refractivity contribution in [3.05, 3.63) is 55.4 Å². The second-order valence-corrected chi connectivity index (χ2v) is 3.88. The lowest BCUT2D eigenvalue weighted by molar-refractivity contribution is -0.116. The fourth-order valence-corrected chi connectivity index (χ4v) is 1.60. The van der Waals surface area contributed by atoms with E-state index < -0.39 is 0 Å². The smallest absolute Gasteiger partial charge is 0.224 e. The van der Waals surface area contributed by atoms with E-state index in [-0.39, 0.29) is 5.91 Å². The Morgan fingerprint density at radius 1 is 1.44 bits per heavy atom. The highest BCUT2D eigenvalue weighted by Gasteiger charge is 2.02. The zero-order chi connectivity index (χ0) is 12.8. The molecule has 0 saturated carbocycles. The van der Waals surface area contributed by atoms with E-state index in [2.05, 4.69) is 17.0 Å². The Hall–Kier alpha value is -2.36. The fourth-order valence-electron chi connectivity index (χ4n) is 1.60. The van der Waals surface area contributed by atoms with Gasteiger partial charge in [0.1, 0.15) is 0 Å². The summed E-state index contributed by atoms with van der Waals surface area (Å²) < 4.78 is 1.75. The van der Waals surface area contributed by atoms with Crippen molar-refractivity contribution in [2.45, 2.75) is 12.8 Å². The summed E-state index contributed by atoms with van der Waals surface area (Å²) >= 11 is 0. The Morgan fingerprint density at radius 3 is 3.06 bits per heavy atom. The SMILES string of the molecule is C=CCCC(=O)Nc1cccc(-n2cccn2)c1. The molecule has 1 aromatic carbocycles. The second-order valence-electron chi connectivity index (χ2n) is 3.88. The summed E-state index contributed by atoms with van der Waals surface area (Å²) in [6.07, 6.45) is 6.45. The molecule has 18 heavy (non-hydrogen) atoms. The molecule has 1 amide bonds. The van der Waals surface area contributed by atoms with E-state index in [1.165, 1.54) is 0 Å². The number of amides is 1. The number of carbonyl (C=O) groups excluding carboxylic acids is 1. The Kier molecular flexibility index (Phi) is 3.91. The van der Waals surface area contributed by atoms with Gasteiger partial charge in [0, 0.05) is 24.5 Å². The van der Waals surface area contributed by atoms with Gasteiger partial charge in [-0.2, -0.15) is 5.10 Å². The van der Waals surface area contributed by atoms with Crippen LogP contribution in [0.4, 0.5) is 5.69 Å². The van der Waals surface area contributed by atoms with Crippen molar-refractivity contribution in [2.75, 3.05) is 5.32 Å². The minimum absolute atomic E-state index is 0.00693. The van der Waals surface area contributed by atoms with E-state index in [9.17, 15) is 4.79 Å². The van der Waals surface area contributed by atoms with Gasteiger partial charge in [-0.15, -0.1) is 6.58 Å². The number of nitrogens with one attached hydrogen (secondary N) is 1. The van der Waals surface area contributed by atoms with Gasteiger partial charge in [-0.3, -0.25) is 4.79 Å². The normalized spacial score (nSPS) is 10.0. The average molecular weight is 241 g/mol. The van der Waals surface area contributed by atoms with Crippen molar-refractivity contribution in [2.24, 2.45) is 0 Å². The van der Waals surface area contributed by atoms with Crippen LogP contribution in [0.1, 0.15) is 12.8 Å². The third kappa shape index (κ3) is 3.07. The van der Waals surface area contributed by atoms with Gasteiger partial charge in [-0.05, 0) is 30.7 Å². The van der Waals surface area contributed by atoms with Gasteiger partial charge in [-0.25, -0.2) is 4.68 Å². The standard InChI is InChI=1S/C14H15N3O/c1-2-3-8-14(18)16-12-6-4-7-13(11-12)17-10-5-9-15-17/h2,4-7,9-11H,1,3,8H2,(H,16,18). The predicted octanol–water partition coefficient (Wildman–Crippen LogP) is 2.78. The topological polar surface area (TPSA) is 46.9 Å². The van der Waals surface area contributed by atoms with E-state index >= 15 is 0 Å². The van der Waals surface area contributed by atoms with Crippen molar-refractivity contribution < 1.29 is 4.79 Å². The number of benzene rings is 1. The maximum atomic E-state index is 11.6. The van der Waals surface area contributed by atoms with Crippen LogP contribution in [-0.4, -0.2) is 15.7 Å². The number of carbonyl (C=O) groups is 1. The van der Waals surface area contributed by atoms with Crippen molar-refractivity contribution >= 4 is 11.6 Å². The number of anilines is 1. The Balaban J connectivity index is 2.08. The van der Waals surface area contributed by atoms with Crippen LogP contribution >= 0.6 is 0 Å². The monoisotopic (exact) mass is 241 g/mol. The minimum atomic E-state index is -0.00693. The first-order valence-corrected chi connectivity index (χ1v) is 5.80. The van der Waals surface area contributed by atoms with Crippen molar-refractivity contribution in [3.63, 3.8) is 0 Å². The van der Waals surface area contributed by atoms with Crippen LogP contribution in [0.3, 0.4) is 0 Å². The molecule has 0 bridgehead atoms. The Bertz CT molecular complexity index is 532. The average Bonchev–Trinajstić information content (AvgIpc) is 2.90. The Labute approximate surface area is 106 Å². The van der Waals surface area contributed by atoms with E-state index in [1.54, 1.807) is 17.0 Å². The summed E-state index contributed by atoms with van der Waals surface area (Å²) in [6, 6.07) is 9.43. The number of allylic oxidation sites excluding steroid dienone is 1. The molecular weight excluding hydrogens is 226 g/mol. The van der Waals surface area contributed by atoms with E-state index in [4.69, 9.17) is 0 Å². The number of rotatable bonds is 5. The number of hydrogen-bond donors (Lipinski definition) is 1. The van der Waals surface area contributed by atoms with Crippen molar-refractivity contribution in [1.29, 1.82) is 0 Å². The Morgan fingerprint density at radius 2 is 2.33 bits per heavy atom. The maximum Gasteiger partial charge on any atom is 0.224 e. The minimum Gasteiger partial charge on any atom is -0.326 e. The highest BCUT2D eigenvalue weighted by Crippen LogP contribution is 2.14. The zero-order valence-electron chi connectivity index (χ0n) is 10.0. The highest BCUT2D eigenvalue weighted by atomic mass is 16.1. The van der Waals surface area contributed by atoms with Crippen LogP contribution in [0.2, 0.25) is 0 Å². The quantitative estimate of drug-likeness (QED) is 0.818. The molecule has 4 nitrogen and oxygen atoms in total. The van der Waals surface area contributed by atoms with Gasteiger partial charge in [0.15, 0.2) is 0 Å². The first-order chi connectivity index (χ1) is 8.79. The third-order valence-corrected chi connectivity index (χ3v) is 2.47. The molecule has 0 aliphatic carbocycles.